The first-order valence-corrected chi connectivity index (χ1v) is 2.78. The smallest absolute Gasteiger partial charge is 0.196 e. The zero-order chi connectivity index (χ0) is 6.08. The SMILES string of the molecule is CC(Cl)C(C)(F)Cl. The summed E-state index contributed by atoms with van der Waals surface area (Å²) in [5.74, 6) is 0. The quantitative estimate of drug-likeness (QED) is 0.497. The van der Waals surface area contributed by atoms with Crippen molar-refractivity contribution in [3.63, 3.8) is 0 Å². The molecule has 0 aliphatic heterocycles. The molecule has 44 valence electrons. The van der Waals surface area contributed by atoms with Gasteiger partial charge in [-0.05, 0) is 13.8 Å². The van der Waals surface area contributed by atoms with Crippen LogP contribution in [0.5, 0.6) is 0 Å². The maximum absolute atomic E-state index is 12.1. The van der Waals surface area contributed by atoms with Gasteiger partial charge in [0, 0.05) is 0 Å². The van der Waals surface area contributed by atoms with Gasteiger partial charge in [-0.2, -0.15) is 0 Å². The summed E-state index contributed by atoms with van der Waals surface area (Å²) in [5.41, 5.74) is 0. The van der Waals surface area contributed by atoms with Crippen molar-refractivity contribution in [2.24, 2.45) is 0 Å². The Balaban J connectivity index is 3.54. The summed E-state index contributed by atoms with van der Waals surface area (Å²) in [6, 6.07) is 0. The number of alkyl halides is 3. The van der Waals surface area contributed by atoms with Crippen molar-refractivity contribution in [2.75, 3.05) is 0 Å². The summed E-state index contributed by atoms with van der Waals surface area (Å²) in [4.78, 5) is 0. The predicted molar refractivity (Wildman–Crippen MR) is 30.7 cm³/mol. The summed E-state index contributed by atoms with van der Waals surface area (Å²) in [7, 11) is 0. The Labute approximate surface area is 52.6 Å². The summed E-state index contributed by atoms with van der Waals surface area (Å²) < 4.78 is 12.1. The average molecular weight is 145 g/mol. The lowest BCUT2D eigenvalue weighted by molar-refractivity contribution is 0.302. The zero-order valence-electron chi connectivity index (χ0n) is 4.21. The molecule has 0 saturated heterocycles. The summed E-state index contributed by atoms with van der Waals surface area (Å²) >= 11 is 10.3. The standard InChI is InChI=1S/C4H7Cl2F/c1-3(5)4(2,6)7/h3H,1-2H3. The molecule has 0 rings (SSSR count). The highest BCUT2D eigenvalue weighted by atomic mass is 35.5. The van der Waals surface area contributed by atoms with Crippen LogP contribution in [0.25, 0.3) is 0 Å². The molecule has 0 fully saturated rings. The first-order chi connectivity index (χ1) is 2.94. The Kier molecular flexibility index (Phi) is 2.34. The molecule has 0 spiro atoms. The van der Waals surface area contributed by atoms with Gasteiger partial charge in [0.1, 0.15) is 0 Å². The molecule has 0 heterocycles. The van der Waals surface area contributed by atoms with Gasteiger partial charge in [-0.15, -0.1) is 11.6 Å². The molecule has 7 heavy (non-hydrogen) atoms. The number of hydrogen-bond acceptors (Lipinski definition) is 0. The molecular weight excluding hydrogens is 138 g/mol. The van der Waals surface area contributed by atoms with Crippen LogP contribution in [0.3, 0.4) is 0 Å². The molecule has 3 heteroatoms. The summed E-state index contributed by atoms with van der Waals surface area (Å²) in [6.07, 6.45) is 0. The van der Waals surface area contributed by atoms with Crippen molar-refractivity contribution in [1.82, 2.24) is 0 Å². The zero-order valence-corrected chi connectivity index (χ0v) is 5.72. The minimum Gasteiger partial charge on any atom is -0.225 e. The number of halogens is 3. The van der Waals surface area contributed by atoms with Crippen molar-refractivity contribution in [3.05, 3.63) is 0 Å². The van der Waals surface area contributed by atoms with Gasteiger partial charge in [0.05, 0.1) is 5.38 Å². The predicted octanol–water partition coefficient (Wildman–Crippen LogP) is 2.54. The van der Waals surface area contributed by atoms with E-state index in [0.717, 1.165) is 0 Å². The van der Waals surface area contributed by atoms with Crippen LogP contribution in [-0.2, 0) is 0 Å². The first-order valence-electron chi connectivity index (χ1n) is 1.96. The van der Waals surface area contributed by atoms with Crippen LogP contribution in [0.4, 0.5) is 4.39 Å². The summed E-state index contributed by atoms with van der Waals surface area (Å²) in [6.45, 7) is 2.74. The third-order valence-electron chi connectivity index (χ3n) is 0.698. The largest absolute Gasteiger partial charge is 0.225 e. The molecule has 0 aromatic carbocycles. The molecule has 0 aromatic heterocycles. The van der Waals surface area contributed by atoms with E-state index in [4.69, 9.17) is 23.2 Å². The van der Waals surface area contributed by atoms with Gasteiger partial charge in [-0.25, -0.2) is 4.39 Å². The molecule has 0 N–H and O–H groups in total. The third kappa shape index (κ3) is 3.12. The highest BCUT2D eigenvalue weighted by Crippen LogP contribution is 2.24. The van der Waals surface area contributed by atoms with Crippen molar-refractivity contribution in [3.8, 4) is 0 Å². The Morgan fingerprint density at radius 1 is 1.71 bits per heavy atom. The van der Waals surface area contributed by atoms with Gasteiger partial charge in [0.15, 0.2) is 5.13 Å². The molecule has 0 radical (unpaired) electrons. The lowest BCUT2D eigenvalue weighted by Crippen LogP contribution is -2.19. The molecular formula is C4H7Cl2F. The molecule has 0 nitrogen and oxygen atoms in total. The van der Waals surface area contributed by atoms with Crippen LogP contribution < -0.4 is 0 Å². The molecule has 0 aliphatic rings. The fraction of sp³-hybridized carbons (Fsp3) is 1.00. The van der Waals surface area contributed by atoms with Crippen LogP contribution in [0, 0.1) is 0 Å². The third-order valence-corrected chi connectivity index (χ3v) is 1.55. The van der Waals surface area contributed by atoms with Crippen LogP contribution in [0.15, 0.2) is 0 Å². The van der Waals surface area contributed by atoms with E-state index in [0.29, 0.717) is 0 Å². The Morgan fingerprint density at radius 3 is 1.86 bits per heavy atom. The molecule has 0 bridgehead atoms. The van der Waals surface area contributed by atoms with Gasteiger partial charge >= 0.3 is 0 Å². The van der Waals surface area contributed by atoms with Gasteiger partial charge in [0.25, 0.3) is 0 Å². The van der Waals surface area contributed by atoms with E-state index in [-0.39, 0.29) is 0 Å². The lowest BCUT2D eigenvalue weighted by atomic mass is 10.3. The lowest BCUT2D eigenvalue weighted by Gasteiger charge is -2.12. The van der Waals surface area contributed by atoms with Crippen LogP contribution in [0.1, 0.15) is 13.8 Å². The molecule has 2 atom stereocenters. The van der Waals surface area contributed by atoms with Crippen LogP contribution >= 0.6 is 23.2 Å². The van der Waals surface area contributed by atoms with E-state index in [9.17, 15) is 4.39 Å². The van der Waals surface area contributed by atoms with Crippen molar-refractivity contribution < 1.29 is 4.39 Å². The van der Waals surface area contributed by atoms with Crippen molar-refractivity contribution in [1.29, 1.82) is 0 Å². The normalized spacial score (nSPS) is 23.6. The number of rotatable bonds is 1. The Bertz CT molecular complexity index is 55.2. The monoisotopic (exact) mass is 144 g/mol. The topological polar surface area (TPSA) is 0 Å². The van der Waals surface area contributed by atoms with Crippen LogP contribution in [-0.4, -0.2) is 10.5 Å². The van der Waals surface area contributed by atoms with Gasteiger partial charge in [-0.1, -0.05) is 11.6 Å². The first kappa shape index (κ1) is 7.51. The average Bonchev–Trinajstić information content (AvgIpc) is 1.31. The van der Waals surface area contributed by atoms with E-state index in [2.05, 4.69) is 0 Å². The molecule has 0 amide bonds. The van der Waals surface area contributed by atoms with E-state index >= 15 is 0 Å². The van der Waals surface area contributed by atoms with E-state index in [1.807, 2.05) is 0 Å². The van der Waals surface area contributed by atoms with E-state index in [1.54, 1.807) is 0 Å². The number of hydrogen-bond donors (Lipinski definition) is 0. The minimum atomic E-state index is -1.76. The van der Waals surface area contributed by atoms with E-state index < -0.39 is 10.5 Å². The highest BCUT2D eigenvalue weighted by molar-refractivity contribution is 6.31. The fourth-order valence-corrected chi connectivity index (χ4v) is 0. The maximum atomic E-state index is 12.1. The second-order valence-electron chi connectivity index (χ2n) is 1.57. The highest BCUT2D eigenvalue weighted by Gasteiger charge is 2.25. The Morgan fingerprint density at radius 2 is 1.86 bits per heavy atom. The maximum Gasteiger partial charge on any atom is 0.196 e. The van der Waals surface area contributed by atoms with Crippen molar-refractivity contribution in [2.45, 2.75) is 24.4 Å². The van der Waals surface area contributed by atoms with Crippen LogP contribution in [0.2, 0.25) is 0 Å². The fourth-order valence-electron chi connectivity index (χ4n) is 0. The second kappa shape index (κ2) is 2.19. The molecule has 2 unspecified atom stereocenters. The van der Waals surface area contributed by atoms with Gasteiger partial charge in [0.2, 0.25) is 0 Å². The Hall–Kier alpha value is 0.510. The summed E-state index contributed by atoms with van der Waals surface area (Å²) in [5, 5.41) is -2.39. The van der Waals surface area contributed by atoms with E-state index in [1.165, 1.54) is 13.8 Å². The van der Waals surface area contributed by atoms with Gasteiger partial charge in [-0.3, -0.25) is 0 Å². The second-order valence-corrected chi connectivity index (χ2v) is 2.97. The minimum absolute atomic E-state index is 0.630. The molecule has 0 aliphatic carbocycles. The van der Waals surface area contributed by atoms with Gasteiger partial charge < -0.3 is 0 Å². The van der Waals surface area contributed by atoms with Crippen molar-refractivity contribution >= 4 is 23.2 Å². The molecule has 0 saturated carbocycles. The molecule has 0 aromatic rings.